The summed E-state index contributed by atoms with van der Waals surface area (Å²) in [4.78, 5) is 17.0. The summed E-state index contributed by atoms with van der Waals surface area (Å²) in [5, 5.41) is 3.41. The van der Waals surface area contributed by atoms with E-state index >= 15 is 0 Å². The van der Waals surface area contributed by atoms with E-state index in [1.165, 1.54) is 22.5 Å². The summed E-state index contributed by atoms with van der Waals surface area (Å²) < 4.78 is 0. The monoisotopic (exact) mass is 304 g/mol. The third kappa shape index (κ3) is 2.74. The Bertz CT molecular complexity index is 624. The highest BCUT2D eigenvalue weighted by Gasteiger charge is 2.21. The van der Waals surface area contributed by atoms with Crippen LogP contribution in [-0.2, 0) is 6.42 Å². The van der Waals surface area contributed by atoms with Crippen molar-refractivity contribution in [3.05, 3.63) is 51.5 Å². The summed E-state index contributed by atoms with van der Waals surface area (Å²) in [5.74, 6) is 1.12. The van der Waals surface area contributed by atoms with Crippen molar-refractivity contribution in [2.45, 2.75) is 18.6 Å². The number of aromatic nitrogens is 1. The lowest BCUT2D eigenvalue weighted by atomic mass is 10.0. The van der Waals surface area contributed by atoms with E-state index in [0.29, 0.717) is 11.8 Å². The van der Waals surface area contributed by atoms with Crippen molar-refractivity contribution in [3.63, 3.8) is 0 Å². The second-order valence-electron chi connectivity index (χ2n) is 4.79. The molecule has 1 aromatic heterocycles. The Hall–Kier alpha value is -1.33. The molecule has 0 saturated heterocycles. The molecule has 0 fully saturated rings. The van der Waals surface area contributed by atoms with Gasteiger partial charge in [-0.15, -0.1) is 11.3 Å². The van der Waals surface area contributed by atoms with E-state index in [1.54, 1.807) is 5.51 Å². The number of hydrogen-bond acceptors (Lipinski definition) is 4. The molecule has 1 aromatic carbocycles. The van der Waals surface area contributed by atoms with Crippen molar-refractivity contribution in [1.29, 1.82) is 0 Å². The van der Waals surface area contributed by atoms with Crippen molar-refractivity contribution in [1.82, 2.24) is 10.3 Å². The van der Waals surface area contributed by atoms with E-state index in [0.717, 1.165) is 22.7 Å². The quantitative estimate of drug-likeness (QED) is 0.947. The standard InChI is InChI=1S/C15H16N2OS2/c1-10-14(20-9-17-10)15(18)16-8-13-12-5-3-2-4-11(12)6-7-19-13/h2-5,9,13H,6-8H2,1H3,(H,16,18)/t13-/m0/s1. The van der Waals surface area contributed by atoms with Crippen LogP contribution in [0.3, 0.4) is 0 Å². The lowest BCUT2D eigenvalue weighted by molar-refractivity contribution is 0.0957. The third-order valence-corrected chi connectivity index (χ3v) is 5.68. The van der Waals surface area contributed by atoms with Crippen LogP contribution in [0.15, 0.2) is 29.8 Å². The maximum Gasteiger partial charge on any atom is 0.263 e. The zero-order valence-corrected chi connectivity index (χ0v) is 12.9. The number of hydrogen-bond donors (Lipinski definition) is 1. The topological polar surface area (TPSA) is 42.0 Å². The van der Waals surface area contributed by atoms with Crippen LogP contribution in [0.5, 0.6) is 0 Å². The molecule has 104 valence electrons. The number of thiazole rings is 1. The fourth-order valence-corrected chi connectivity index (χ4v) is 4.38. The molecule has 3 nitrogen and oxygen atoms in total. The van der Waals surface area contributed by atoms with E-state index in [-0.39, 0.29) is 5.91 Å². The van der Waals surface area contributed by atoms with E-state index in [2.05, 4.69) is 34.6 Å². The fourth-order valence-electron chi connectivity index (χ4n) is 2.43. The average molecular weight is 304 g/mol. The van der Waals surface area contributed by atoms with Gasteiger partial charge in [-0.1, -0.05) is 24.3 Å². The highest BCUT2D eigenvalue weighted by Crippen LogP contribution is 2.36. The predicted octanol–water partition coefficient (Wildman–Crippen LogP) is 3.21. The van der Waals surface area contributed by atoms with Gasteiger partial charge in [0.15, 0.2) is 0 Å². The third-order valence-electron chi connectivity index (χ3n) is 3.49. The lowest BCUT2D eigenvalue weighted by Gasteiger charge is -2.25. The van der Waals surface area contributed by atoms with Gasteiger partial charge in [0.1, 0.15) is 4.88 Å². The summed E-state index contributed by atoms with van der Waals surface area (Å²) in [5.41, 5.74) is 5.31. The molecule has 0 aliphatic carbocycles. The van der Waals surface area contributed by atoms with Crippen LogP contribution >= 0.6 is 23.1 Å². The zero-order chi connectivity index (χ0) is 13.9. The molecular weight excluding hydrogens is 288 g/mol. The van der Waals surface area contributed by atoms with Crippen molar-refractivity contribution in [2.24, 2.45) is 0 Å². The molecular formula is C15H16N2OS2. The number of rotatable bonds is 3. The first-order valence-electron chi connectivity index (χ1n) is 6.63. The Morgan fingerprint density at radius 2 is 2.30 bits per heavy atom. The van der Waals surface area contributed by atoms with Gasteiger partial charge < -0.3 is 5.32 Å². The molecule has 20 heavy (non-hydrogen) atoms. The van der Waals surface area contributed by atoms with Crippen molar-refractivity contribution < 1.29 is 4.79 Å². The van der Waals surface area contributed by atoms with Gasteiger partial charge in [-0.25, -0.2) is 4.98 Å². The molecule has 1 aliphatic rings. The van der Waals surface area contributed by atoms with E-state index < -0.39 is 0 Å². The second kappa shape index (κ2) is 5.97. The van der Waals surface area contributed by atoms with Crippen LogP contribution in [0.1, 0.15) is 31.7 Å². The molecule has 0 spiro atoms. The molecule has 1 amide bonds. The van der Waals surface area contributed by atoms with Gasteiger partial charge in [-0.2, -0.15) is 11.8 Å². The maximum atomic E-state index is 12.1. The molecule has 3 rings (SSSR count). The van der Waals surface area contributed by atoms with Gasteiger partial charge >= 0.3 is 0 Å². The average Bonchev–Trinajstić information content (AvgIpc) is 2.91. The van der Waals surface area contributed by atoms with Gasteiger partial charge in [-0.3, -0.25) is 4.79 Å². The van der Waals surface area contributed by atoms with Gasteiger partial charge in [0.2, 0.25) is 0 Å². The van der Waals surface area contributed by atoms with Crippen molar-refractivity contribution >= 4 is 29.0 Å². The van der Waals surface area contributed by atoms with E-state index in [9.17, 15) is 4.79 Å². The molecule has 0 bridgehead atoms. The van der Waals surface area contributed by atoms with Crippen LogP contribution in [0.2, 0.25) is 0 Å². The maximum absolute atomic E-state index is 12.1. The van der Waals surface area contributed by atoms with Crippen LogP contribution in [0.4, 0.5) is 0 Å². The van der Waals surface area contributed by atoms with Crippen LogP contribution in [0, 0.1) is 6.92 Å². The minimum Gasteiger partial charge on any atom is -0.350 e. The smallest absolute Gasteiger partial charge is 0.263 e. The molecule has 2 heterocycles. The van der Waals surface area contributed by atoms with Gasteiger partial charge in [0, 0.05) is 11.8 Å². The molecule has 0 unspecified atom stereocenters. The number of nitrogens with one attached hydrogen (secondary N) is 1. The van der Waals surface area contributed by atoms with Crippen molar-refractivity contribution in [3.8, 4) is 0 Å². The lowest BCUT2D eigenvalue weighted by Crippen LogP contribution is -2.28. The first-order chi connectivity index (χ1) is 9.75. The largest absolute Gasteiger partial charge is 0.350 e. The highest BCUT2D eigenvalue weighted by atomic mass is 32.2. The van der Waals surface area contributed by atoms with E-state index in [1.807, 2.05) is 18.7 Å². The number of carbonyl (C=O) groups is 1. The second-order valence-corrected chi connectivity index (χ2v) is 6.95. The summed E-state index contributed by atoms with van der Waals surface area (Å²) in [6.07, 6.45) is 1.12. The molecule has 1 atom stereocenters. The first kappa shape index (κ1) is 13.6. The normalized spacial score (nSPS) is 17.6. The summed E-state index contributed by atoms with van der Waals surface area (Å²) in [6.45, 7) is 2.55. The molecule has 1 N–H and O–H groups in total. The number of aryl methyl sites for hydroxylation is 2. The van der Waals surface area contributed by atoms with Gasteiger partial charge in [-0.05, 0) is 30.2 Å². The van der Waals surface area contributed by atoms with Gasteiger partial charge in [0.05, 0.1) is 11.2 Å². The molecule has 1 aliphatic heterocycles. The Labute approximate surface area is 126 Å². The molecule has 0 saturated carbocycles. The Kier molecular flexibility index (Phi) is 4.08. The Morgan fingerprint density at radius 3 is 3.10 bits per heavy atom. The van der Waals surface area contributed by atoms with Crippen LogP contribution in [0.25, 0.3) is 0 Å². The number of amides is 1. The number of nitrogens with zero attached hydrogens (tertiary/aromatic N) is 1. The SMILES string of the molecule is Cc1ncsc1C(=O)NC[C@@H]1SCCc2ccccc21. The van der Waals surface area contributed by atoms with E-state index in [4.69, 9.17) is 0 Å². The summed E-state index contributed by atoms with van der Waals surface area (Å²) in [6, 6.07) is 8.53. The minimum absolute atomic E-state index is 0.00588. The Balaban J connectivity index is 1.68. The summed E-state index contributed by atoms with van der Waals surface area (Å²) in [7, 11) is 0. The number of carbonyl (C=O) groups excluding carboxylic acids is 1. The number of benzene rings is 1. The highest BCUT2D eigenvalue weighted by molar-refractivity contribution is 7.99. The number of fused-ring (bicyclic) bond motifs is 1. The Morgan fingerprint density at radius 1 is 1.45 bits per heavy atom. The summed E-state index contributed by atoms with van der Waals surface area (Å²) >= 11 is 3.32. The van der Waals surface area contributed by atoms with Crippen molar-refractivity contribution in [2.75, 3.05) is 12.3 Å². The molecule has 5 heteroatoms. The van der Waals surface area contributed by atoms with Crippen LogP contribution in [-0.4, -0.2) is 23.2 Å². The first-order valence-corrected chi connectivity index (χ1v) is 8.56. The molecule has 0 radical (unpaired) electrons. The minimum atomic E-state index is -0.00588. The number of thioether (sulfide) groups is 1. The predicted molar refractivity (Wildman–Crippen MR) is 84.5 cm³/mol. The van der Waals surface area contributed by atoms with Crippen LogP contribution < -0.4 is 5.32 Å². The zero-order valence-electron chi connectivity index (χ0n) is 11.3. The molecule has 2 aromatic rings. The fraction of sp³-hybridized carbons (Fsp3) is 0.333. The van der Waals surface area contributed by atoms with Gasteiger partial charge in [0.25, 0.3) is 5.91 Å².